The summed E-state index contributed by atoms with van der Waals surface area (Å²) in [6, 6.07) is -0.295. The topological polar surface area (TPSA) is 137 Å². The van der Waals surface area contributed by atoms with Crippen LogP contribution < -0.4 is 10.7 Å². The lowest BCUT2D eigenvalue weighted by Gasteiger charge is -2.19. The van der Waals surface area contributed by atoms with Gasteiger partial charge in [-0.1, -0.05) is 26.5 Å². The molecule has 1 fully saturated rings. The Morgan fingerprint density at radius 3 is 2.57 bits per heavy atom. The standard InChI is InChI=1S/C35H38N4O5/c1-8-19-15(3)22-12-24-17(5)21(10-11-28(40)41)32(38-24)30-31(35(43)44-7)34(42)29-18(6)25(39-33(29)30)14-27-20(9-2)16(4)23(37-27)13-26(19)36-22/h8,12-13,17,21,25,31,36-37H,1,9-11,14H2,2-7H3,(H,40,41). The summed E-state index contributed by atoms with van der Waals surface area (Å²) in [6.07, 6.45) is 7.60. The summed E-state index contributed by atoms with van der Waals surface area (Å²) in [5.41, 5.74) is 9.98. The Morgan fingerprint density at radius 1 is 1.16 bits per heavy atom. The van der Waals surface area contributed by atoms with E-state index in [2.05, 4.69) is 36.5 Å². The summed E-state index contributed by atoms with van der Waals surface area (Å²) >= 11 is 0. The third kappa shape index (κ3) is 4.40. The highest BCUT2D eigenvalue weighted by Crippen LogP contribution is 2.46. The maximum atomic E-state index is 14.0. The number of carbonyl (C=O) groups is 3. The molecule has 3 aliphatic heterocycles. The van der Waals surface area contributed by atoms with Crippen molar-refractivity contribution in [1.82, 2.24) is 9.97 Å². The molecule has 4 atom stereocenters. The number of hydrogen-bond acceptors (Lipinski definition) is 6. The van der Waals surface area contributed by atoms with E-state index >= 15 is 0 Å². The predicted octanol–water partition coefficient (Wildman–Crippen LogP) is 3.67. The van der Waals surface area contributed by atoms with Crippen LogP contribution in [-0.4, -0.2) is 57.4 Å². The van der Waals surface area contributed by atoms with E-state index in [9.17, 15) is 19.5 Å². The van der Waals surface area contributed by atoms with E-state index in [0.717, 1.165) is 50.9 Å². The Bertz CT molecular complexity index is 1910. The molecule has 228 valence electrons. The van der Waals surface area contributed by atoms with Crippen LogP contribution in [0.25, 0.3) is 18.2 Å². The maximum absolute atomic E-state index is 14.0. The van der Waals surface area contributed by atoms with Crippen molar-refractivity contribution in [2.45, 2.75) is 66.3 Å². The van der Waals surface area contributed by atoms with Gasteiger partial charge in [0.1, 0.15) is 5.92 Å². The first-order valence-corrected chi connectivity index (χ1v) is 15.2. The van der Waals surface area contributed by atoms with Crippen molar-refractivity contribution in [1.29, 1.82) is 0 Å². The number of ether oxygens (including phenoxy) is 1. The highest BCUT2D eigenvalue weighted by molar-refractivity contribution is 6.42. The Morgan fingerprint density at radius 2 is 1.91 bits per heavy atom. The molecule has 1 saturated carbocycles. The Kier molecular flexibility index (Phi) is 7.30. The minimum atomic E-state index is -1.19. The lowest BCUT2D eigenvalue weighted by atomic mass is 9.83. The van der Waals surface area contributed by atoms with E-state index in [1.165, 1.54) is 18.2 Å². The Hall–Kier alpha value is -4.53. The number of aromatic nitrogens is 2. The summed E-state index contributed by atoms with van der Waals surface area (Å²) in [5.74, 6) is -3.59. The van der Waals surface area contributed by atoms with Gasteiger partial charge in [0.05, 0.1) is 24.6 Å². The van der Waals surface area contributed by atoms with Gasteiger partial charge in [-0.2, -0.15) is 0 Å². The van der Waals surface area contributed by atoms with Crippen LogP contribution in [0, 0.1) is 31.6 Å². The summed E-state index contributed by atoms with van der Waals surface area (Å²) in [6.45, 7) is 14.3. The van der Waals surface area contributed by atoms with Gasteiger partial charge in [0.25, 0.3) is 0 Å². The van der Waals surface area contributed by atoms with E-state index in [1.54, 1.807) is 0 Å². The van der Waals surface area contributed by atoms with Crippen molar-refractivity contribution in [2.75, 3.05) is 7.11 Å². The Labute approximate surface area is 255 Å². The molecule has 6 rings (SSSR count). The molecule has 0 saturated heterocycles. The molecule has 0 radical (unpaired) electrons. The summed E-state index contributed by atoms with van der Waals surface area (Å²) < 4.78 is 5.14. The highest BCUT2D eigenvalue weighted by atomic mass is 16.5. The zero-order valence-electron chi connectivity index (χ0n) is 26.1. The first kappa shape index (κ1) is 29.5. The van der Waals surface area contributed by atoms with Gasteiger partial charge in [-0.25, -0.2) is 0 Å². The van der Waals surface area contributed by atoms with E-state index in [-0.39, 0.29) is 30.1 Å². The SMILES string of the molecule is C=Cc1c(C)c2[nH]c1=Cc1[nH]c(c(CC)c1C)CC1N=C3C(=C1C)C(=O)C(C(=O)OC)C3=C1N=C(C=2)C(C)C1CCC(=O)O. The second kappa shape index (κ2) is 10.9. The molecule has 4 aliphatic rings. The van der Waals surface area contributed by atoms with Gasteiger partial charge in [0.15, 0.2) is 5.78 Å². The number of Topliss-reactive ketones (excluding diaryl/α,β-unsaturated/α-hetero) is 1. The van der Waals surface area contributed by atoms with Crippen LogP contribution in [0.2, 0.25) is 0 Å². The minimum absolute atomic E-state index is 0.0718. The molecule has 5 heterocycles. The quantitative estimate of drug-likeness (QED) is 0.346. The zero-order chi connectivity index (χ0) is 31.6. The molecular formula is C35H38N4O5. The summed E-state index contributed by atoms with van der Waals surface area (Å²) in [5, 5.41) is 11.4. The minimum Gasteiger partial charge on any atom is -0.481 e. The molecule has 0 aromatic carbocycles. The molecular weight excluding hydrogens is 556 g/mol. The van der Waals surface area contributed by atoms with E-state index < -0.39 is 17.9 Å². The number of aliphatic carboxylic acids is 1. The third-order valence-corrected chi connectivity index (χ3v) is 9.93. The van der Waals surface area contributed by atoms with Crippen LogP contribution in [0.3, 0.4) is 0 Å². The van der Waals surface area contributed by atoms with Gasteiger partial charge in [-0.05, 0) is 68.0 Å². The normalized spacial score (nSPS) is 23.8. The van der Waals surface area contributed by atoms with Gasteiger partial charge in [-0.15, -0.1) is 0 Å². The fraction of sp³-hybridized carbons (Fsp3) is 0.400. The number of ketones is 1. The number of carboxylic acid groups (broad SMARTS) is 1. The van der Waals surface area contributed by atoms with Crippen LogP contribution in [0.15, 0.2) is 39.0 Å². The van der Waals surface area contributed by atoms with Crippen molar-refractivity contribution in [3.63, 3.8) is 0 Å². The first-order chi connectivity index (χ1) is 21.0. The zero-order valence-corrected chi connectivity index (χ0v) is 26.1. The van der Waals surface area contributed by atoms with Crippen LogP contribution in [-0.2, 0) is 32.0 Å². The van der Waals surface area contributed by atoms with E-state index in [1.807, 2.05) is 32.9 Å². The molecule has 9 nitrogen and oxygen atoms in total. The van der Waals surface area contributed by atoms with Crippen LogP contribution in [0.1, 0.15) is 67.3 Å². The van der Waals surface area contributed by atoms with Crippen LogP contribution in [0.4, 0.5) is 0 Å². The van der Waals surface area contributed by atoms with Gasteiger partial charge in [0.2, 0.25) is 0 Å². The number of carbonyl (C=O) groups excluding carboxylic acids is 2. The number of H-pyrrole nitrogens is 2. The van der Waals surface area contributed by atoms with Gasteiger partial charge in [-0.3, -0.25) is 24.4 Å². The number of aromatic amines is 2. The first-order valence-electron chi connectivity index (χ1n) is 15.2. The second-order valence-corrected chi connectivity index (χ2v) is 12.2. The van der Waals surface area contributed by atoms with Crippen molar-refractivity contribution in [3.8, 4) is 0 Å². The molecule has 2 aromatic heterocycles. The average molecular weight is 595 g/mol. The average Bonchev–Trinajstić information content (AvgIpc) is 3.72. The fourth-order valence-electron chi connectivity index (χ4n) is 7.44. The van der Waals surface area contributed by atoms with Crippen molar-refractivity contribution in [3.05, 3.63) is 73.3 Å². The highest BCUT2D eigenvalue weighted by Gasteiger charge is 2.52. The van der Waals surface area contributed by atoms with Crippen molar-refractivity contribution < 1.29 is 24.2 Å². The summed E-state index contributed by atoms with van der Waals surface area (Å²) in [4.78, 5) is 56.4. The molecule has 8 bridgehead atoms. The number of nitrogens with zero attached hydrogens (tertiary/aromatic N) is 2. The molecule has 4 unspecified atom stereocenters. The Balaban J connectivity index is 1.70. The number of hydrogen-bond donors (Lipinski definition) is 3. The monoisotopic (exact) mass is 594 g/mol. The van der Waals surface area contributed by atoms with Gasteiger partial charge in [0, 0.05) is 69.2 Å². The van der Waals surface area contributed by atoms with Crippen molar-refractivity contribution >= 4 is 47.4 Å². The molecule has 2 aromatic rings. The van der Waals surface area contributed by atoms with Crippen molar-refractivity contribution in [2.24, 2.45) is 27.7 Å². The number of rotatable bonds is 6. The molecule has 0 spiro atoms. The molecule has 3 N–H and O–H groups in total. The lowest BCUT2D eigenvalue weighted by molar-refractivity contribution is -0.146. The number of methoxy groups -OCH3 is 1. The number of fused-ring (bicyclic) bond motifs is 6. The largest absolute Gasteiger partial charge is 0.481 e. The third-order valence-electron chi connectivity index (χ3n) is 9.93. The van der Waals surface area contributed by atoms with E-state index in [4.69, 9.17) is 14.7 Å². The molecule has 1 aliphatic carbocycles. The van der Waals surface area contributed by atoms with Crippen LogP contribution in [0.5, 0.6) is 0 Å². The second-order valence-electron chi connectivity index (χ2n) is 12.2. The maximum Gasteiger partial charge on any atom is 0.321 e. The molecule has 0 amide bonds. The predicted molar refractivity (Wildman–Crippen MR) is 170 cm³/mol. The van der Waals surface area contributed by atoms with E-state index in [0.29, 0.717) is 35.4 Å². The van der Waals surface area contributed by atoms with Crippen LogP contribution >= 0.6 is 0 Å². The van der Waals surface area contributed by atoms with Gasteiger partial charge < -0.3 is 19.8 Å². The molecule has 9 heteroatoms. The molecule has 44 heavy (non-hydrogen) atoms. The fourth-order valence-corrected chi connectivity index (χ4v) is 7.44. The number of aliphatic imine (C=N–C) groups is 2. The lowest BCUT2D eigenvalue weighted by Crippen LogP contribution is -2.26. The smallest absolute Gasteiger partial charge is 0.321 e. The number of esters is 1. The number of carboxylic acids is 1. The van der Waals surface area contributed by atoms with Gasteiger partial charge >= 0.3 is 11.9 Å². The number of allylic oxidation sites excluding steroid dienone is 2. The number of nitrogens with one attached hydrogen (secondary N) is 2. The summed E-state index contributed by atoms with van der Waals surface area (Å²) in [7, 11) is 1.27.